The number of hydrogen-bond donors (Lipinski definition) is 3. The second-order valence-corrected chi connectivity index (χ2v) is 9.11. The van der Waals surface area contributed by atoms with Crippen LogP contribution in [0.2, 0.25) is 0 Å². The molecular weight excluding hydrogens is 418 g/mol. The zero-order valence-electron chi connectivity index (χ0n) is 17.1. The molecule has 0 radical (unpaired) electrons. The Labute approximate surface area is 181 Å². The molecule has 1 aliphatic heterocycles. The van der Waals surface area contributed by atoms with Crippen molar-refractivity contribution in [3.63, 3.8) is 0 Å². The van der Waals surface area contributed by atoms with Gasteiger partial charge >= 0.3 is 0 Å². The zero-order chi connectivity index (χ0) is 22.4. The first-order valence-electron chi connectivity index (χ1n) is 9.84. The Morgan fingerprint density at radius 3 is 2.39 bits per heavy atom. The van der Waals surface area contributed by atoms with E-state index in [2.05, 4.69) is 10.6 Å². The number of nitrogens with zero attached hydrogens (tertiary/aromatic N) is 1. The zero-order valence-corrected chi connectivity index (χ0v) is 17.9. The number of aliphatic hydroxyl groups excluding tert-OH is 1. The summed E-state index contributed by atoms with van der Waals surface area (Å²) in [6, 6.07) is 12.5. The smallest absolute Gasteiger partial charge is 0.264 e. The van der Waals surface area contributed by atoms with Crippen LogP contribution in [0.15, 0.2) is 65.8 Å². The van der Waals surface area contributed by atoms with E-state index < -0.39 is 27.9 Å². The third-order valence-corrected chi connectivity index (χ3v) is 6.77. The number of benzene rings is 2. The standard InChI is InChI=1S/C22H25N3O5S/c1-16-2-8-19(9-3-16)31(29,30)25-13-12-24-22(28)20(25)14-21(27)23-11-10-17-4-6-18(15-26)7-5-17/h2-9,12-13,20,26H,10-11,14-15H2,1H3,(H,23,27)(H,24,28)/t20-/m1/s1. The molecule has 1 heterocycles. The Morgan fingerprint density at radius 1 is 1.10 bits per heavy atom. The van der Waals surface area contributed by atoms with Gasteiger partial charge in [-0.15, -0.1) is 0 Å². The first-order valence-corrected chi connectivity index (χ1v) is 11.3. The molecule has 0 bridgehead atoms. The molecule has 2 aromatic rings. The average Bonchev–Trinajstić information content (AvgIpc) is 2.76. The lowest BCUT2D eigenvalue weighted by molar-refractivity contribution is -0.129. The lowest BCUT2D eigenvalue weighted by atomic mass is 10.1. The van der Waals surface area contributed by atoms with E-state index >= 15 is 0 Å². The number of nitrogens with one attached hydrogen (secondary N) is 2. The van der Waals surface area contributed by atoms with Gasteiger partial charge in [0.15, 0.2) is 0 Å². The maximum Gasteiger partial charge on any atom is 0.264 e. The van der Waals surface area contributed by atoms with E-state index in [9.17, 15) is 18.0 Å². The second kappa shape index (κ2) is 9.76. The highest BCUT2D eigenvalue weighted by Crippen LogP contribution is 2.22. The molecule has 0 aromatic heterocycles. The van der Waals surface area contributed by atoms with Crippen molar-refractivity contribution in [1.29, 1.82) is 0 Å². The summed E-state index contributed by atoms with van der Waals surface area (Å²) >= 11 is 0. The monoisotopic (exact) mass is 443 g/mol. The van der Waals surface area contributed by atoms with Crippen molar-refractivity contribution in [3.05, 3.63) is 77.6 Å². The van der Waals surface area contributed by atoms with Crippen LogP contribution >= 0.6 is 0 Å². The highest BCUT2D eigenvalue weighted by molar-refractivity contribution is 7.89. The van der Waals surface area contributed by atoms with E-state index in [-0.39, 0.29) is 17.9 Å². The molecule has 2 amide bonds. The summed E-state index contributed by atoms with van der Waals surface area (Å²) in [5.74, 6) is -0.987. The molecular formula is C22H25N3O5S. The fourth-order valence-electron chi connectivity index (χ4n) is 3.18. The number of hydrogen-bond acceptors (Lipinski definition) is 5. The highest BCUT2D eigenvalue weighted by Gasteiger charge is 2.36. The quantitative estimate of drug-likeness (QED) is 0.567. The summed E-state index contributed by atoms with van der Waals surface area (Å²) in [5, 5.41) is 14.3. The van der Waals surface area contributed by atoms with Gasteiger partial charge in [-0.05, 0) is 36.6 Å². The fourth-order valence-corrected chi connectivity index (χ4v) is 4.63. The van der Waals surface area contributed by atoms with Crippen LogP contribution in [-0.2, 0) is 32.6 Å². The third-order valence-electron chi connectivity index (χ3n) is 4.97. The lowest BCUT2D eigenvalue weighted by Crippen LogP contribution is -2.51. The summed E-state index contributed by atoms with van der Waals surface area (Å²) < 4.78 is 27.0. The third kappa shape index (κ3) is 5.50. The van der Waals surface area contributed by atoms with Crippen molar-refractivity contribution < 1.29 is 23.1 Å². The van der Waals surface area contributed by atoms with Crippen molar-refractivity contribution in [3.8, 4) is 0 Å². The van der Waals surface area contributed by atoms with E-state index in [0.29, 0.717) is 13.0 Å². The molecule has 164 valence electrons. The molecule has 9 heteroatoms. The van der Waals surface area contributed by atoms with Crippen LogP contribution in [0.4, 0.5) is 0 Å². The first-order chi connectivity index (χ1) is 14.8. The van der Waals surface area contributed by atoms with Gasteiger partial charge in [0.1, 0.15) is 6.04 Å². The minimum absolute atomic E-state index is 0.0308. The summed E-state index contributed by atoms with van der Waals surface area (Å²) in [4.78, 5) is 24.8. The van der Waals surface area contributed by atoms with Crippen molar-refractivity contribution in [1.82, 2.24) is 14.9 Å². The van der Waals surface area contributed by atoms with Gasteiger partial charge in [-0.1, -0.05) is 42.0 Å². The number of aliphatic hydroxyl groups is 1. The predicted octanol–water partition coefficient (Wildman–Crippen LogP) is 1.20. The van der Waals surface area contributed by atoms with Crippen LogP contribution in [0.5, 0.6) is 0 Å². The van der Waals surface area contributed by atoms with Crippen LogP contribution < -0.4 is 10.6 Å². The summed E-state index contributed by atoms with van der Waals surface area (Å²) in [6.07, 6.45) is 2.78. The van der Waals surface area contributed by atoms with E-state index in [1.165, 1.54) is 24.5 Å². The molecule has 3 N–H and O–H groups in total. The number of carbonyl (C=O) groups excluding carboxylic acids is 2. The van der Waals surface area contributed by atoms with Gasteiger partial charge in [0, 0.05) is 18.9 Å². The Bertz CT molecular complexity index is 1060. The SMILES string of the molecule is Cc1ccc(S(=O)(=O)N2C=CNC(=O)[C@H]2CC(=O)NCCc2ccc(CO)cc2)cc1. The first kappa shape index (κ1) is 22.5. The van der Waals surface area contributed by atoms with E-state index in [1.807, 2.05) is 31.2 Å². The molecule has 0 fully saturated rings. The molecule has 31 heavy (non-hydrogen) atoms. The summed E-state index contributed by atoms with van der Waals surface area (Å²) in [7, 11) is -3.99. The Kier molecular flexibility index (Phi) is 7.09. The lowest BCUT2D eigenvalue weighted by Gasteiger charge is -2.31. The summed E-state index contributed by atoms with van der Waals surface area (Å²) in [5.41, 5.74) is 2.70. The minimum Gasteiger partial charge on any atom is -0.392 e. The van der Waals surface area contributed by atoms with E-state index in [1.54, 1.807) is 12.1 Å². The molecule has 0 aliphatic carbocycles. The van der Waals surface area contributed by atoms with Crippen LogP contribution in [0.25, 0.3) is 0 Å². The van der Waals surface area contributed by atoms with Gasteiger partial charge in [0.25, 0.3) is 10.0 Å². The van der Waals surface area contributed by atoms with Crippen LogP contribution in [0.1, 0.15) is 23.1 Å². The van der Waals surface area contributed by atoms with Crippen LogP contribution in [0.3, 0.4) is 0 Å². The van der Waals surface area contributed by atoms with Gasteiger partial charge in [0.2, 0.25) is 11.8 Å². The number of rotatable bonds is 8. The molecule has 2 aromatic carbocycles. The molecule has 3 rings (SSSR count). The number of aryl methyl sites for hydroxylation is 1. The highest BCUT2D eigenvalue weighted by atomic mass is 32.2. The van der Waals surface area contributed by atoms with Crippen molar-refractivity contribution >= 4 is 21.8 Å². The Morgan fingerprint density at radius 2 is 1.74 bits per heavy atom. The minimum atomic E-state index is -3.99. The predicted molar refractivity (Wildman–Crippen MR) is 115 cm³/mol. The molecule has 8 nitrogen and oxygen atoms in total. The number of sulfonamides is 1. The maximum atomic E-state index is 13.0. The van der Waals surface area contributed by atoms with Crippen molar-refractivity contribution in [2.24, 2.45) is 0 Å². The maximum absolute atomic E-state index is 13.0. The molecule has 0 unspecified atom stereocenters. The van der Waals surface area contributed by atoms with Crippen LogP contribution in [0, 0.1) is 6.92 Å². The average molecular weight is 444 g/mol. The normalized spacial score (nSPS) is 16.1. The Hall–Kier alpha value is -3.17. The summed E-state index contributed by atoms with van der Waals surface area (Å²) in [6.45, 7) is 2.15. The molecule has 0 saturated carbocycles. The van der Waals surface area contributed by atoms with Crippen molar-refractivity contribution in [2.75, 3.05) is 6.54 Å². The Balaban J connectivity index is 1.64. The molecule has 0 saturated heterocycles. The second-order valence-electron chi connectivity index (χ2n) is 7.27. The fraction of sp³-hybridized carbons (Fsp3) is 0.273. The van der Waals surface area contributed by atoms with E-state index in [0.717, 1.165) is 21.0 Å². The van der Waals surface area contributed by atoms with Gasteiger partial charge in [0.05, 0.1) is 17.9 Å². The molecule has 1 atom stereocenters. The molecule has 0 spiro atoms. The van der Waals surface area contributed by atoms with Crippen molar-refractivity contribution in [2.45, 2.75) is 37.3 Å². The van der Waals surface area contributed by atoms with E-state index in [4.69, 9.17) is 5.11 Å². The number of amides is 2. The van der Waals surface area contributed by atoms with Gasteiger partial charge in [-0.2, -0.15) is 0 Å². The largest absolute Gasteiger partial charge is 0.392 e. The van der Waals surface area contributed by atoms with Crippen LogP contribution in [-0.4, -0.2) is 42.2 Å². The molecule has 1 aliphatic rings. The number of carbonyl (C=O) groups is 2. The van der Waals surface area contributed by atoms with Gasteiger partial charge in [-0.25, -0.2) is 8.42 Å². The topological polar surface area (TPSA) is 116 Å². The van der Waals surface area contributed by atoms with Gasteiger partial charge in [-0.3, -0.25) is 13.9 Å². The van der Waals surface area contributed by atoms with Gasteiger partial charge < -0.3 is 15.7 Å².